The quantitative estimate of drug-likeness (QED) is 0.777. The minimum absolute atomic E-state index is 0.196. The van der Waals surface area contributed by atoms with Crippen molar-refractivity contribution in [3.8, 4) is 11.5 Å². The predicted molar refractivity (Wildman–Crippen MR) is 81.8 cm³/mol. The first-order valence-electron chi connectivity index (χ1n) is 7.44. The first-order valence-corrected chi connectivity index (χ1v) is 7.44. The lowest BCUT2D eigenvalue weighted by Gasteiger charge is -2.23. The number of hydrogen-bond donors (Lipinski definition) is 1. The van der Waals surface area contributed by atoms with Crippen molar-refractivity contribution in [2.24, 2.45) is 0 Å². The van der Waals surface area contributed by atoms with E-state index in [1.807, 2.05) is 36.2 Å². The number of rotatable bonds is 7. The highest BCUT2D eigenvalue weighted by molar-refractivity contribution is 5.76. The average molecular weight is 292 g/mol. The second-order valence-electron chi connectivity index (χ2n) is 5.28. The normalized spacial score (nSPS) is 17.5. The first kappa shape index (κ1) is 15.6. The van der Waals surface area contributed by atoms with Gasteiger partial charge in [-0.2, -0.15) is 0 Å². The number of amides is 1. The predicted octanol–water partition coefficient (Wildman–Crippen LogP) is 1.67. The molecule has 5 heteroatoms. The molecule has 1 unspecified atom stereocenters. The minimum atomic E-state index is 0.196. The fourth-order valence-electron chi connectivity index (χ4n) is 2.44. The highest BCUT2D eigenvalue weighted by Crippen LogP contribution is 2.17. The standard InChI is InChI=1S/C16H24N2O3/c1-18(13-9-10-17-12-13)16(19)4-3-11-21-15-7-5-14(20-2)6-8-15/h5-8,13,17H,3-4,9-12H2,1-2H3. The van der Waals surface area contributed by atoms with Crippen LogP contribution in [0.3, 0.4) is 0 Å². The van der Waals surface area contributed by atoms with Gasteiger partial charge in [0.2, 0.25) is 5.91 Å². The van der Waals surface area contributed by atoms with Crippen LogP contribution in [0.5, 0.6) is 11.5 Å². The lowest BCUT2D eigenvalue weighted by Crippen LogP contribution is -2.38. The SMILES string of the molecule is COc1ccc(OCCCC(=O)N(C)C2CCNC2)cc1. The summed E-state index contributed by atoms with van der Waals surface area (Å²) in [4.78, 5) is 13.9. The third kappa shape index (κ3) is 4.63. The van der Waals surface area contributed by atoms with Crippen molar-refractivity contribution in [2.75, 3.05) is 33.9 Å². The number of ether oxygens (including phenoxy) is 2. The summed E-state index contributed by atoms with van der Waals surface area (Å²) >= 11 is 0. The van der Waals surface area contributed by atoms with Crippen LogP contribution in [0.15, 0.2) is 24.3 Å². The maximum Gasteiger partial charge on any atom is 0.222 e. The molecule has 0 saturated carbocycles. The summed E-state index contributed by atoms with van der Waals surface area (Å²) in [5.74, 6) is 1.81. The molecular formula is C16H24N2O3. The molecule has 2 rings (SSSR count). The molecule has 1 saturated heterocycles. The maximum atomic E-state index is 12.1. The van der Waals surface area contributed by atoms with Crippen LogP contribution in [0, 0.1) is 0 Å². The monoisotopic (exact) mass is 292 g/mol. The molecule has 1 N–H and O–H groups in total. The topological polar surface area (TPSA) is 50.8 Å². The second-order valence-corrected chi connectivity index (χ2v) is 5.28. The Morgan fingerprint density at radius 3 is 2.67 bits per heavy atom. The number of carbonyl (C=O) groups is 1. The van der Waals surface area contributed by atoms with Gasteiger partial charge in [-0.05, 0) is 43.7 Å². The largest absolute Gasteiger partial charge is 0.497 e. The van der Waals surface area contributed by atoms with Gasteiger partial charge < -0.3 is 19.7 Å². The average Bonchev–Trinajstić information content (AvgIpc) is 3.05. The number of nitrogens with zero attached hydrogens (tertiary/aromatic N) is 1. The van der Waals surface area contributed by atoms with Crippen molar-refractivity contribution in [3.63, 3.8) is 0 Å². The van der Waals surface area contributed by atoms with Gasteiger partial charge >= 0.3 is 0 Å². The number of carbonyl (C=O) groups excluding carboxylic acids is 1. The molecule has 1 aliphatic heterocycles. The molecule has 1 amide bonds. The zero-order valence-electron chi connectivity index (χ0n) is 12.8. The van der Waals surface area contributed by atoms with Crippen LogP contribution in [0.25, 0.3) is 0 Å². The lowest BCUT2D eigenvalue weighted by molar-refractivity contribution is -0.131. The van der Waals surface area contributed by atoms with E-state index in [0.717, 1.165) is 37.4 Å². The molecule has 0 bridgehead atoms. The highest BCUT2D eigenvalue weighted by Gasteiger charge is 2.22. The van der Waals surface area contributed by atoms with Gasteiger partial charge in [-0.1, -0.05) is 0 Å². The number of benzene rings is 1. The van der Waals surface area contributed by atoms with E-state index in [0.29, 0.717) is 19.1 Å². The summed E-state index contributed by atoms with van der Waals surface area (Å²) in [5.41, 5.74) is 0. The van der Waals surface area contributed by atoms with Crippen molar-refractivity contribution in [1.29, 1.82) is 0 Å². The van der Waals surface area contributed by atoms with Gasteiger partial charge in [0.1, 0.15) is 11.5 Å². The van der Waals surface area contributed by atoms with E-state index in [1.54, 1.807) is 7.11 Å². The van der Waals surface area contributed by atoms with Crippen molar-refractivity contribution < 1.29 is 14.3 Å². The molecule has 116 valence electrons. The molecule has 5 nitrogen and oxygen atoms in total. The molecule has 0 aromatic heterocycles. The van der Waals surface area contributed by atoms with Crippen LogP contribution in [-0.2, 0) is 4.79 Å². The fourth-order valence-corrected chi connectivity index (χ4v) is 2.44. The van der Waals surface area contributed by atoms with Crippen LogP contribution in [-0.4, -0.2) is 50.7 Å². The van der Waals surface area contributed by atoms with Gasteiger partial charge in [0.25, 0.3) is 0 Å². The smallest absolute Gasteiger partial charge is 0.222 e. The summed E-state index contributed by atoms with van der Waals surface area (Å²) in [6.45, 7) is 2.46. The van der Waals surface area contributed by atoms with Crippen molar-refractivity contribution in [3.05, 3.63) is 24.3 Å². The van der Waals surface area contributed by atoms with Crippen LogP contribution < -0.4 is 14.8 Å². The molecule has 0 aliphatic carbocycles. The Bertz CT molecular complexity index is 441. The summed E-state index contributed by atoms with van der Waals surface area (Å²) in [5, 5.41) is 3.28. The highest BCUT2D eigenvalue weighted by atomic mass is 16.5. The van der Waals surface area contributed by atoms with Gasteiger partial charge in [-0.15, -0.1) is 0 Å². The molecule has 1 aromatic rings. The van der Waals surface area contributed by atoms with E-state index >= 15 is 0 Å². The zero-order valence-corrected chi connectivity index (χ0v) is 12.8. The van der Waals surface area contributed by atoms with Crippen molar-refractivity contribution >= 4 is 5.91 Å². The van der Waals surface area contributed by atoms with E-state index in [-0.39, 0.29) is 5.91 Å². The van der Waals surface area contributed by atoms with Gasteiger partial charge in [-0.25, -0.2) is 0 Å². The summed E-state index contributed by atoms with van der Waals surface area (Å²) in [6, 6.07) is 7.82. The van der Waals surface area contributed by atoms with E-state index < -0.39 is 0 Å². The lowest BCUT2D eigenvalue weighted by atomic mass is 10.2. The van der Waals surface area contributed by atoms with E-state index in [9.17, 15) is 4.79 Å². The Hall–Kier alpha value is -1.75. The summed E-state index contributed by atoms with van der Waals surface area (Å²) in [7, 11) is 3.53. The summed E-state index contributed by atoms with van der Waals surface area (Å²) < 4.78 is 10.7. The third-order valence-corrected chi connectivity index (χ3v) is 3.84. The third-order valence-electron chi connectivity index (χ3n) is 3.84. The molecule has 0 spiro atoms. The molecule has 1 atom stereocenters. The summed E-state index contributed by atoms with van der Waals surface area (Å²) in [6.07, 6.45) is 2.31. The molecule has 0 radical (unpaired) electrons. The Morgan fingerprint density at radius 1 is 1.33 bits per heavy atom. The van der Waals surface area contributed by atoms with E-state index in [4.69, 9.17) is 9.47 Å². The minimum Gasteiger partial charge on any atom is -0.497 e. The van der Waals surface area contributed by atoms with E-state index in [1.165, 1.54) is 0 Å². The maximum absolute atomic E-state index is 12.1. The molecule has 1 fully saturated rings. The number of methoxy groups -OCH3 is 1. The molecule has 21 heavy (non-hydrogen) atoms. The Morgan fingerprint density at radius 2 is 2.05 bits per heavy atom. The van der Waals surface area contributed by atoms with Gasteiger partial charge in [0, 0.05) is 26.1 Å². The van der Waals surface area contributed by atoms with Crippen LogP contribution in [0.1, 0.15) is 19.3 Å². The van der Waals surface area contributed by atoms with Crippen LogP contribution in [0.2, 0.25) is 0 Å². The van der Waals surface area contributed by atoms with Gasteiger partial charge in [0.05, 0.1) is 13.7 Å². The number of likely N-dealkylation sites (N-methyl/N-ethyl adjacent to an activating group) is 1. The second kappa shape index (κ2) is 7.88. The number of hydrogen-bond acceptors (Lipinski definition) is 4. The Kier molecular flexibility index (Phi) is 5.87. The van der Waals surface area contributed by atoms with E-state index in [2.05, 4.69) is 5.32 Å². The zero-order chi connectivity index (χ0) is 15.1. The fraction of sp³-hybridized carbons (Fsp3) is 0.562. The molecule has 1 aromatic carbocycles. The molecule has 1 heterocycles. The first-order chi connectivity index (χ1) is 10.2. The van der Waals surface area contributed by atoms with Crippen LogP contribution >= 0.6 is 0 Å². The van der Waals surface area contributed by atoms with Crippen molar-refractivity contribution in [1.82, 2.24) is 10.2 Å². The van der Waals surface area contributed by atoms with Gasteiger partial charge in [-0.3, -0.25) is 4.79 Å². The molecule has 1 aliphatic rings. The Labute approximate surface area is 126 Å². The van der Waals surface area contributed by atoms with Crippen LogP contribution in [0.4, 0.5) is 0 Å². The molecular weight excluding hydrogens is 268 g/mol. The Balaban J connectivity index is 1.65. The van der Waals surface area contributed by atoms with Crippen molar-refractivity contribution in [2.45, 2.75) is 25.3 Å². The number of nitrogens with one attached hydrogen (secondary N) is 1. The van der Waals surface area contributed by atoms with Gasteiger partial charge in [0.15, 0.2) is 0 Å².